The van der Waals surface area contributed by atoms with Gasteiger partial charge < -0.3 is 10.3 Å². The van der Waals surface area contributed by atoms with Crippen LogP contribution in [0, 0.1) is 5.92 Å². The number of nitrogens with zero attached hydrogens (tertiary/aromatic N) is 2. The number of aromatic nitrogens is 2. The summed E-state index contributed by atoms with van der Waals surface area (Å²) in [5, 5.41) is 3.93. The Morgan fingerprint density at radius 3 is 2.69 bits per heavy atom. The number of rotatable bonds is 6. The maximum Gasteiger partial charge on any atom is 0.228 e. The van der Waals surface area contributed by atoms with Crippen LogP contribution in [-0.2, 0) is 12.2 Å². The van der Waals surface area contributed by atoms with Gasteiger partial charge in [-0.25, -0.2) is 0 Å². The second kappa shape index (κ2) is 5.68. The number of hydrogen-bond acceptors (Lipinski definition) is 5. The molecule has 0 aliphatic carbocycles. The highest BCUT2D eigenvalue weighted by atomic mass is 32.2. The van der Waals surface area contributed by atoms with Gasteiger partial charge in [0, 0.05) is 12.0 Å². The van der Waals surface area contributed by atoms with E-state index < -0.39 is 0 Å². The van der Waals surface area contributed by atoms with Crippen LogP contribution < -0.4 is 5.73 Å². The van der Waals surface area contributed by atoms with E-state index in [-0.39, 0.29) is 5.54 Å². The van der Waals surface area contributed by atoms with E-state index in [0.717, 1.165) is 17.3 Å². The van der Waals surface area contributed by atoms with Crippen LogP contribution >= 0.6 is 11.8 Å². The van der Waals surface area contributed by atoms with Crippen LogP contribution in [0.1, 0.15) is 39.4 Å². The normalized spacial score (nSPS) is 12.4. The fourth-order valence-electron chi connectivity index (χ4n) is 1.20. The molecule has 16 heavy (non-hydrogen) atoms. The van der Waals surface area contributed by atoms with Gasteiger partial charge in [-0.2, -0.15) is 16.7 Å². The molecule has 0 amide bonds. The summed E-state index contributed by atoms with van der Waals surface area (Å²) in [7, 11) is 0. The summed E-state index contributed by atoms with van der Waals surface area (Å²) in [5.74, 6) is 4.02. The van der Waals surface area contributed by atoms with E-state index >= 15 is 0 Å². The molecule has 0 spiro atoms. The molecule has 0 saturated carbocycles. The third-order valence-corrected chi connectivity index (χ3v) is 3.16. The Morgan fingerprint density at radius 1 is 1.44 bits per heavy atom. The van der Waals surface area contributed by atoms with Gasteiger partial charge in [0.2, 0.25) is 5.89 Å². The summed E-state index contributed by atoms with van der Waals surface area (Å²) in [6.45, 7) is 8.30. The topological polar surface area (TPSA) is 64.9 Å². The first-order chi connectivity index (χ1) is 7.37. The van der Waals surface area contributed by atoms with E-state index in [0.29, 0.717) is 18.2 Å². The molecule has 0 fully saturated rings. The lowest BCUT2D eigenvalue weighted by atomic mass is 10.0. The van der Waals surface area contributed by atoms with Crippen molar-refractivity contribution in [2.45, 2.75) is 45.4 Å². The summed E-state index contributed by atoms with van der Waals surface area (Å²) < 4.78 is 5.14. The van der Waals surface area contributed by atoms with Crippen LogP contribution in [0.5, 0.6) is 0 Å². The standard InChI is InChI=1S/C11H21N3OS/c1-8(2)6-16-7-9-13-10(15-14-9)5-11(3,4)12/h8H,5-7,12H2,1-4H3. The average Bonchev–Trinajstić information content (AvgIpc) is 2.48. The van der Waals surface area contributed by atoms with Crippen molar-refractivity contribution in [3.63, 3.8) is 0 Å². The molecule has 0 atom stereocenters. The zero-order chi connectivity index (χ0) is 12.2. The van der Waals surface area contributed by atoms with Gasteiger partial charge in [0.25, 0.3) is 0 Å². The molecule has 1 rings (SSSR count). The van der Waals surface area contributed by atoms with Gasteiger partial charge in [0.05, 0.1) is 5.75 Å². The molecule has 5 heteroatoms. The molecule has 92 valence electrons. The summed E-state index contributed by atoms with van der Waals surface area (Å²) in [6.07, 6.45) is 0.620. The first kappa shape index (κ1) is 13.5. The maximum absolute atomic E-state index is 5.88. The molecule has 0 aliphatic rings. The molecule has 0 radical (unpaired) electrons. The van der Waals surface area contributed by atoms with Crippen molar-refractivity contribution >= 4 is 11.8 Å². The van der Waals surface area contributed by atoms with Crippen LogP contribution in [0.4, 0.5) is 0 Å². The van der Waals surface area contributed by atoms with E-state index in [1.807, 2.05) is 25.6 Å². The Kier molecular flexibility index (Phi) is 4.80. The zero-order valence-electron chi connectivity index (χ0n) is 10.5. The Hall–Kier alpha value is -0.550. The van der Waals surface area contributed by atoms with Crippen LogP contribution in [0.25, 0.3) is 0 Å². The highest BCUT2D eigenvalue weighted by Gasteiger charge is 2.16. The molecular weight excluding hydrogens is 222 g/mol. The van der Waals surface area contributed by atoms with Crippen LogP contribution in [0.2, 0.25) is 0 Å². The molecule has 0 aliphatic heterocycles. The summed E-state index contributed by atoms with van der Waals surface area (Å²) >= 11 is 1.83. The summed E-state index contributed by atoms with van der Waals surface area (Å²) in [5.41, 5.74) is 5.59. The minimum absolute atomic E-state index is 0.297. The molecule has 4 nitrogen and oxygen atoms in total. The zero-order valence-corrected chi connectivity index (χ0v) is 11.3. The molecule has 2 N–H and O–H groups in total. The van der Waals surface area contributed by atoms with Gasteiger partial charge in [0.15, 0.2) is 5.82 Å². The van der Waals surface area contributed by atoms with Crippen molar-refractivity contribution in [3.8, 4) is 0 Å². The van der Waals surface area contributed by atoms with Crippen molar-refractivity contribution in [3.05, 3.63) is 11.7 Å². The van der Waals surface area contributed by atoms with Gasteiger partial charge in [-0.3, -0.25) is 0 Å². The highest BCUT2D eigenvalue weighted by molar-refractivity contribution is 7.98. The second-order valence-corrected chi connectivity index (χ2v) is 6.21. The predicted molar refractivity (Wildman–Crippen MR) is 67.3 cm³/mol. The molecule has 0 bridgehead atoms. The number of nitrogens with two attached hydrogens (primary N) is 1. The average molecular weight is 243 g/mol. The maximum atomic E-state index is 5.88. The molecule has 0 unspecified atom stereocenters. The van der Waals surface area contributed by atoms with Crippen molar-refractivity contribution in [1.82, 2.24) is 10.1 Å². The Labute approximate surface area is 101 Å². The SMILES string of the molecule is CC(C)CSCc1noc(CC(C)(C)N)n1. The lowest BCUT2D eigenvalue weighted by molar-refractivity contribution is 0.345. The highest BCUT2D eigenvalue weighted by Crippen LogP contribution is 2.14. The van der Waals surface area contributed by atoms with Gasteiger partial charge in [-0.1, -0.05) is 19.0 Å². The summed E-state index contributed by atoms with van der Waals surface area (Å²) in [6, 6.07) is 0. The smallest absolute Gasteiger partial charge is 0.228 e. The lowest BCUT2D eigenvalue weighted by Crippen LogP contribution is -2.34. The van der Waals surface area contributed by atoms with Crippen LogP contribution in [0.15, 0.2) is 4.52 Å². The van der Waals surface area contributed by atoms with Crippen molar-refractivity contribution in [2.75, 3.05) is 5.75 Å². The van der Waals surface area contributed by atoms with E-state index in [2.05, 4.69) is 24.0 Å². The molecular formula is C11H21N3OS. The van der Waals surface area contributed by atoms with Gasteiger partial charge in [0.1, 0.15) is 0 Å². The predicted octanol–water partition coefficient (Wildman–Crippen LogP) is 2.24. The third kappa shape index (κ3) is 5.51. The van der Waals surface area contributed by atoms with E-state index in [9.17, 15) is 0 Å². The monoisotopic (exact) mass is 243 g/mol. The fraction of sp³-hybridized carbons (Fsp3) is 0.818. The molecule has 0 aromatic carbocycles. The third-order valence-electron chi connectivity index (χ3n) is 1.80. The van der Waals surface area contributed by atoms with E-state index in [4.69, 9.17) is 10.3 Å². The minimum Gasteiger partial charge on any atom is -0.339 e. The Bertz CT molecular complexity index is 317. The van der Waals surface area contributed by atoms with Gasteiger partial charge in [-0.15, -0.1) is 0 Å². The first-order valence-electron chi connectivity index (χ1n) is 5.55. The molecule has 1 aromatic rings. The lowest BCUT2D eigenvalue weighted by Gasteiger charge is -2.14. The van der Waals surface area contributed by atoms with Crippen LogP contribution in [0.3, 0.4) is 0 Å². The fourth-order valence-corrected chi connectivity index (χ4v) is 2.09. The number of thioether (sulfide) groups is 1. The van der Waals surface area contributed by atoms with Crippen molar-refractivity contribution < 1.29 is 4.52 Å². The van der Waals surface area contributed by atoms with Gasteiger partial charge in [-0.05, 0) is 25.5 Å². The first-order valence-corrected chi connectivity index (χ1v) is 6.70. The molecule has 0 saturated heterocycles. The van der Waals surface area contributed by atoms with Gasteiger partial charge >= 0.3 is 0 Å². The second-order valence-electron chi connectivity index (χ2n) is 5.18. The quantitative estimate of drug-likeness (QED) is 0.830. The van der Waals surface area contributed by atoms with Crippen molar-refractivity contribution in [2.24, 2.45) is 11.7 Å². The van der Waals surface area contributed by atoms with Crippen molar-refractivity contribution in [1.29, 1.82) is 0 Å². The molecule has 1 heterocycles. The van der Waals surface area contributed by atoms with E-state index in [1.165, 1.54) is 0 Å². The van der Waals surface area contributed by atoms with Crippen LogP contribution in [-0.4, -0.2) is 21.4 Å². The Balaban J connectivity index is 2.40. The molecule has 1 aromatic heterocycles. The largest absolute Gasteiger partial charge is 0.339 e. The van der Waals surface area contributed by atoms with E-state index in [1.54, 1.807) is 0 Å². The minimum atomic E-state index is -0.297. The summed E-state index contributed by atoms with van der Waals surface area (Å²) in [4.78, 5) is 4.31. The number of hydrogen-bond donors (Lipinski definition) is 1. The Morgan fingerprint density at radius 2 is 2.12 bits per heavy atom.